The van der Waals surface area contributed by atoms with Gasteiger partial charge in [-0.15, -0.1) is 0 Å². The van der Waals surface area contributed by atoms with Crippen molar-refractivity contribution in [3.05, 3.63) is 29.8 Å². The molecule has 0 radical (unpaired) electrons. The number of para-hydroxylation sites is 1. The van der Waals surface area contributed by atoms with Crippen LogP contribution in [-0.4, -0.2) is 23.7 Å². The molecule has 1 N–H and O–H groups in total. The first-order chi connectivity index (χ1) is 9.25. The van der Waals surface area contributed by atoms with Crippen molar-refractivity contribution in [2.24, 2.45) is 0 Å². The third kappa shape index (κ3) is 2.46. The molecule has 1 heterocycles. The van der Waals surface area contributed by atoms with Crippen LogP contribution in [0.15, 0.2) is 24.3 Å². The number of hydrogen-bond acceptors (Lipinski definition) is 2. The van der Waals surface area contributed by atoms with Gasteiger partial charge in [-0.25, -0.2) is 0 Å². The Morgan fingerprint density at radius 2 is 1.95 bits per heavy atom. The monoisotopic (exact) mass is 259 g/mol. The first kappa shape index (κ1) is 12.5. The molecule has 3 nitrogen and oxygen atoms in total. The molecule has 1 fully saturated rings. The third-order valence-electron chi connectivity index (χ3n) is 4.54. The largest absolute Gasteiger partial charge is 0.481 e. The molecule has 1 aliphatic heterocycles. The van der Waals surface area contributed by atoms with Crippen LogP contribution in [0.4, 0.5) is 5.69 Å². The number of aliphatic carboxylic acids is 1. The predicted molar refractivity (Wildman–Crippen MR) is 75.7 cm³/mol. The van der Waals surface area contributed by atoms with Crippen molar-refractivity contribution in [3.8, 4) is 0 Å². The Morgan fingerprint density at radius 3 is 2.68 bits per heavy atom. The van der Waals surface area contributed by atoms with Gasteiger partial charge < -0.3 is 10.0 Å². The summed E-state index contributed by atoms with van der Waals surface area (Å²) < 4.78 is 0. The fourth-order valence-corrected chi connectivity index (χ4v) is 3.65. The van der Waals surface area contributed by atoms with Gasteiger partial charge in [-0.2, -0.15) is 0 Å². The topological polar surface area (TPSA) is 40.5 Å². The van der Waals surface area contributed by atoms with Gasteiger partial charge in [0, 0.05) is 24.2 Å². The summed E-state index contributed by atoms with van der Waals surface area (Å²) in [5.41, 5.74) is 2.51. The predicted octanol–water partition coefficient (Wildman–Crippen LogP) is 3.40. The molecule has 1 saturated carbocycles. The van der Waals surface area contributed by atoms with Crippen LogP contribution in [0.5, 0.6) is 0 Å². The first-order valence-corrected chi connectivity index (χ1v) is 7.33. The fraction of sp³-hybridized carbons (Fsp3) is 0.562. The number of hydrogen-bond donors (Lipinski definition) is 1. The molecule has 0 bridgehead atoms. The minimum Gasteiger partial charge on any atom is -0.481 e. The smallest absolute Gasteiger partial charge is 0.304 e. The molecule has 1 aromatic carbocycles. The van der Waals surface area contributed by atoms with E-state index in [1.807, 2.05) is 6.07 Å². The van der Waals surface area contributed by atoms with Crippen molar-refractivity contribution in [3.63, 3.8) is 0 Å². The lowest BCUT2D eigenvalue weighted by molar-refractivity contribution is -0.137. The maximum atomic E-state index is 11.0. The van der Waals surface area contributed by atoms with E-state index >= 15 is 0 Å². The van der Waals surface area contributed by atoms with Crippen molar-refractivity contribution in [1.82, 2.24) is 0 Å². The molecular formula is C16H21NO2. The molecule has 3 rings (SSSR count). The normalized spacial score (nSPS) is 23.4. The van der Waals surface area contributed by atoms with Gasteiger partial charge in [0.1, 0.15) is 0 Å². The summed E-state index contributed by atoms with van der Waals surface area (Å²) in [5, 5.41) is 9.08. The van der Waals surface area contributed by atoms with E-state index in [2.05, 4.69) is 23.1 Å². The average molecular weight is 259 g/mol. The Balaban J connectivity index is 1.85. The Bertz CT molecular complexity index is 466. The number of nitrogens with zero attached hydrogens (tertiary/aromatic N) is 1. The van der Waals surface area contributed by atoms with Gasteiger partial charge >= 0.3 is 5.97 Å². The van der Waals surface area contributed by atoms with Crippen LogP contribution in [0.3, 0.4) is 0 Å². The highest BCUT2D eigenvalue weighted by atomic mass is 16.4. The van der Waals surface area contributed by atoms with E-state index in [1.165, 1.54) is 43.4 Å². The highest BCUT2D eigenvalue weighted by Crippen LogP contribution is 2.41. The summed E-state index contributed by atoms with van der Waals surface area (Å²) in [6, 6.07) is 8.97. The summed E-state index contributed by atoms with van der Waals surface area (Å²) in [7, 11) is 0. The molecule has 102 valence electrons. The maximum absolute atomic E-state index is 11.0. The SMILES string of the molecule is O=C(O)CC1CN(C2CCCCC2)c2ccccc21. The van der Waals surface area contributed by atoms with E-state index in [9.17, 15) is 4.79 Å². The number of carbonyl (C=O) groups is 1. The molecule has 0 spiro atoms. The van der Waals surface area contributed by atoms with Crippen molar-refractivity contribution in [2.75, 3.05) is 11.4 Å². The van der Waals surface area contributed by atoms with Gasteiger partial charge in [0.2, 0.25) is 0 Å². The summed E-state index contributed by atoms with van der Waals surface area (Å²) in [5.74, 6) is -0.527. The van der Waals surface area contributed by atoms with Crippen molar-refractivity contribution < 1.29 is 9.90 Å². The number of fused-ring (bicyclic) bond motifs is 1. The van der Waals surface area contributed by atoms with E-state index < -0.39 is 5.97 Å². The molecular weight excluding hydrogens is 238 g/mol. The molecule has 1 unspecified atom stereocenters. The van der Waals surface area contributed by atoms with Gasteiger partial charge in [0.15, 0.2) is 0 Å². The minimum atomic E-state index is -0.690. The lowest BCUT2D eigenvalue weighted by Gasteiger charge is -2.33. The molecule has 2 aliphatic rings. The van der Waals surface area contributed by atoms with Gasteiger partial charge in [-0.1, -0.05) is 37.5 Å². The van der Waals surface area contributed by atoms with Crippen LogP contribution < -0.4 is 4.90 Å². The molecule has 0 aromatic heterocycles. The number of carboxylic acid groups (broad SMARTS) is 1. The number of anilines is 1. The standard InChI is InChI=1S/C16H21NO2/c18-16(19)10-12-11-17(13-6-2-1-3-7-13)15-9-5-4-8-14(12)15/h4-5,8-9,12-13H,1-3,6-7,10-11H2,(H,18,19). The first-order valence-electron chi connectivity index (χ1n) is 7.33. The third-order valence-corrected chi connectivity index (χ3v) is 4.54. The zero-order chi connectivity index (χ0) is 13.2. The van der Waals surface area contributed by atoms with E-state index in [0.29, 0.717) is 6.04 Å². The van der Waals surface area contributed by atoms with Crippen molar-refractivity contribution in [1.29, 1.82) is 0 Å². The quantitative estimate of drug-likeness (QED) is 0.904. The number of rotatable bonds is 3. The van der Waals surface area contributed by atoms with Crippen LogP contribution in [0, 0.1) is 0 Å². The van der Waals surface area contributed by atoms with Crippen molar-refractivity contribution in [2.45, 2.75) is 50.5 Å². The van der Waals surface area contributed by atoms with Crippen LogP contribution in [0.1, 0.15) is 50.0 Å². The van der Waals surface area contributed by atoms with E-state index in [4.69, 9.17) is 5.11 Å². The van der Waals surface area contributed by atoms with Crippen molar-refractivity contribution >= 4 is 11.7 Å². The van der Waals surface area contributed by atoms with E-state index in [0.717, 1.165) is 6.54 Å². The lowest BCUT2D eigenvalue weighted by atomic mass is 9.94. The van der Waals surface area contributed by atoms with Crippen LogP contribution >= 0.6 is 0 Å². The molecule has 1 aromatic rings. The van der Waals surface area contributed by atoms with Crippen LogP contribution in [0.25, 0.3) is 0 Å². The summed E-state index contributed by atoms with van der Waals surface area (Å²) in [4.78, 5) is 13.5. The van der Waals surface area contributed by atoms with Crippen LogP contribution in [-0.2, 0) is 4.79 Å². The molecule has 1 aliphatic carbocycles. The zero-order valence-corrected chi connectivity index (χ0v) is 11.2. The maximum Gasteiger partial charge on any atom is 0.304 e. The van der Waals surface area contributed by atoms with Crippen LogP contribution in [0.2, 0.25) is 0 Å². The van der Waals surface area contributed by atoms with Gasteiger partial charge in [0.25, 0.3) is 0 Å². The molecule has 1 atom stereocenters. The second kappa shape index (κ2) is 5.24. The highest BCUT2D eigenvalue weighted by Gasteiger charge is 2.33. The Kier molecular flexibility index (Phi) is 3.45. The highest BCUT2D eigenvalue weighted by molar-refractivity contribution is 5.71. The molecule has 0 amide bonds. The average Bonchev–Trinajstić information content (AvgIpc) is 2.78. The Labute approximate surface area is 114 Å². The second-order valence-corrected chi connectivity index (χ2v) is 5.80. The van der Waals surface area contributed by atoms with Gasteiger partial charge in [0.05, 0.1) is 6.42 Å². The molecule has 19 heavy (non-hydrogen) atoms. The summed E-state index contributed by atoms with van der Waals surface area (Å²) in [6.45, 7) is 0.885. The molecule has 3 heteroatoms. The zero-order valence-electron chi connectivity index (χ0n) is 11.2. The second-order valence-electron chi connectivity index (χ2n) is 5.80. The lowest BCUT2D eigenvalue weighted by Crippen LogP contribution is -2.36. The van der Waals surface area contributed by atoms with E-state index in [1.54, 1.807) is 0 Å². The number of carboxylic acids is 1. The summed E-state index contributed by atoms with van der Waals surface area (Å²) >= 11 is 0. The Hall–Kier alpha value is -1.51. The fourth-order valence-electron chi connectivity index (χ4n) is 3.65. The molecule has 0 saturated heterocycles. The Morgan fingerprint density at radius 1 is 1.21 bits per heavy atom. The van der Waals surface area contributed by atoms with Gasteiger partial charge in [-0.3, -0.25) is 4.79 Å². The van der Waals surface area contributed by atoms with Gasteiger partial charge in [-0.05, 0) is 24.5 Å². The minimum absolute atomic E-state index is 0.163. The summed E-state index contributed by atoms with van der Waals surface area (Å²) in [6.07, 6.45) is 6.74. The van der Waals surface area contributed by atoms with E-state index in [-0.39, 0.29) is 12.3 Å². The number of benzene rings is 1.